The molecule has 6 heteroatoms. The molecule has 0 radical (unpaired) electrons. The summed E-state index contributed by atoms with van der Waals surface area (Å²) in [6, 6.07) is 4.15. The first-order valence-corrected chi connectivity index (χ1v) is 7.40. The predicted molar refractivity (Wildman–Crippen MR) is 77.9 cm³/mol. The van der Waals surface area contributed by atoms with Gasteiger partial charge in [0.25, 0.3) is 0 Å². The summed E-state index contributed by atoms with van der Waals surface area (Å²) >= 11 is 1.70. The lowest BCUT2D eigenvalue weighted by Gasteiger charge is -2.34. The summed E-state index contributed by atoms with van der Waals surface area (Å²) < 4.78 is 5.76. The second-order valence-corrected chi connectivity index (χ2v) is 5.79. The summed E-state index contributed by atoms with van der Waals surface area (Å²) in [5.74, 6) is 0.248. The highest BCUT2D eigenvalue weighted by molar-refractivity contribution is 7.10. The van der Waals surface area contributed by atoms with Crippen LogP contribution in [0.15, 0.2) is 17.5 Å². The van der Waals surface area contributed by atoms with Gasteiger partial charge in [0.1, 0.15) is 6.10 Å². The Morgan fingerprint density at radius 3 is 3.11 bits per heavy atom. The smallest absolute Gasteiger partial charge is 0.239 e. The molecule has 2 saturated heterocycles. The minimum Gasteiger partial charge on any atom is -0.369 e. The van der Waals surface area contributed by atoms with E-state index in [2.05, 4.69) is 16.8 Å². The standard InChI is InChI=1S/C13H18N2O2S.ClH/c16-13(10-3-1-5-14-10)15-6-7-17-11(9-15)12-4-2-8-18-12;/h2,4,8,10-11,14H,1,3,5-7,9H2;1H. The lowest BCUT2D eigenvalue weighted by Crippen LogP contribution is -2.49. The summed E-state index contributed by atoms with van der Waals surface area (Å²) in [6.45, 7) is 3.02. The third kappa shape index (κ3) is 3.28. The number of hydrogen-bond donors (Lipinski definition) is 1. The molecule has 1 aromatic rings. The van der Waals surface area contributed by atoms with E-state index in [4.69, 9.17) is 4.74 Å². The Kier molecular flexibility index (Phi) is 5.21. The predicted octanol–water partition coefficient (Wildman–Crippen LogP) is 1.82. The fourth-order valence-electron chi connectivity index (χ4n) is 2.61. The molecule has 2 fully saturated rings. The van der Waals surface area contributed by atoms with E-state index in [1.54, 1.807) is 11.3 Å². The second kappa shape index (κ2) is 6.70. The third-order valence-electron chi connectivity index (χ3n) is 3.60. The lowest BCUT2D eigenvalue weighted by atomic mass is 10.1. The number of morpholine rings is 1. The molecule has 2 unspecified atom stereocenters. The normalized spacial score (nSPS) is 27.1. The Bertz CT molecular complexity index is 407. The third-order valence-corrected chi connectivity index (χ3v) is 4.56. The molecule has 0 aliphatic carbocycles. The SMILES string of the molecule is Cl.O=C(C1CCCN1)N1CCOC(c2cccs2)C1. The zero-order chi connectivity index (χ0) is 12.4. The minimum absolute atomic E-state index is 0. The van der Waals surface area contributed by atoms with Crippen LogP contribution in [0.5, 0.6) is 0 Å². The van der Waals surface area contributed by atoms with Crippen molar-refractivity contribution in [2.75, 3.05) is 26.2 Å². The molecule has 2 aliphatic heterocycles. The van der Waals surface area contributed by atoms with Crippen molar-refractivity contribution in [3.05, 3.63) is 22.4 Å². The zero-order valence-corrected chi connectivity index (χ0v) is 12.3. The molecule has 0 saturated carbocycles. The van der Waals surface area contributed by atoms with Crippen molar-refractivity contribution in [2.45, 2.75) is 25.0 Å². The van der Waals surface area contributed by atoms with E-state index >= 15 is 0 Å². The first kappa shape index (κ1) is 14.8. The van der Waals surface area contributed by atoms with Gasteiger partial charge >= 0.3 is 0 Å². The molecule has 0 spiro atoms. The van der Waals surface area contributed by atoms with Crippen molar-refractivity contribution in [3.63, 3.8) is 0 Å². The molecule has 1 amide bonds. The van der Waals surface area contributed by atoms with Crippen LogP contribution in [0.3, 0.4) is 0 Å². The van der Waals surface area contributed by atoms with E-state index in [0.29, 0.717) is 13.2 Å². The van der Waals surface area contributed by atoms with Gasteiger partial charge in [-0.1, -0.05) is 6.07 Å². The van der Waals surface area contributed by atoms with Crippen molar-refractivity contribution >= 4 is 29.7 Å². The monoisotopic (exact) mass is 302 g/mol. The number of ether oxygens (including phenoxy) is 1. The van der Waals surface area contributed by atoms with Gasteiger partial charge in [0.05, 0.1) is 19.2 Å². The van der Waals surface area contributed by atoms with Crippen molar-refractivity contribution in [1.82, 2.24) is 10.2 Å². The highest BCUT2D eigenvalue weighted by Gasteiger charge is 2.31. The number of halogens is 1. The quantitative estimate of drug-likeness (QED) is 0.906. The average Bonchev–Trinajstić information content (AvgIpc) is 3.11. The molecule has 4 nitrogen and oxygen atoms in total. The van der Waals surface area contributed by atoms with E-state index in [0.717, 1.165) is 25.9 Å². The van der Waals surface area contributed by atoms with Crippen molar-refractivity contribution < 1.29 is 9.53 Å². The van der Waals surface area contributed by atoms with Crippen LogP contribution in [0.1, 0.15) is 23.8 Å². The van der Waals surface area contributed by atoms with Gasteiger partial charge in [-0.2, -0.15) is 0 Å². The molecule has 2 atom stereocenters. The molecule has 0 aromatic carbocycles. The summed E-state index contributed by atoms with van der Waals surface area (Å²) in [7, 11) is 0. The molecule has 0 bridgehead atoms. The Morgan fingerprint density at radius 1 is 1.53 bits per heavy atom. The van der Waals surface area contributed by atoms with Gasteiger partial charge < -0.3 is 15.0 Å². The van der Waals surface area contributed by atoms with Gasteiger partial charge in [-0.05, 0) is 30.8 Å². The molecule has 3 heterocycles. The first-order valence-electron chi connectivity index (χ1n) is 6.52. The van der Waals surface area contributed by atoms with Crippen LogP contribution in [0.2, 0.25) is 0 Å². The van der Waals surface area contributed by atoms with E-state index in [9.17, 15) is 4.79 Å². The number of rotatable bonds is 2. The minimum atomic E-state index is 0. The zero-order valence-electron chi connectivity index (χ0n) is 10.7. The summed E-state index contributed by atoms with van der Waals surface area (Å²) in [6.07, 6.45) is 2.14. The lowest BCUT2D eigenvalue weighted by molar-refractivity contribution is -0.140. The average molecular weight is 303 g/mol. The van der Waals surface area contributed by atoms with Gasteiger partial charge in [0, 0.05) is 11.4 Å². The number of carbonyl (C=O) groups excluding carboxylic acids is 1. The van der Waals surface area contributed by atoms with Gasteiger partial charge in [0.15, 0.2) is 0 Å². The van der Waals surface area contributed by atoms with Crippen molar-refractivity contribution in [1.29, 1.82) is 0 Å². The fourth-order valence-corrected chi connectivity index (χ4v) is 3.38. The van der Waals surface area contributed by atoms with E-state index < -0.39 is 0 Å². The number of thiophene rings is 1. The topological polar surface area (TPSA) is 41.6 Å². The summed E-state index contributed by atoms with van der Waals surface area (Å²) in [5.41, 5.74) is 0. The van der Waals surface area contributed by atoms with Crippen LogP contribution in [-0.4, -0.2) is 43.1 Å². The van der Waals surface area contributed by atoms with Crippen LogP contribution in [0.4, 0.5) is 0 Å². The van der Waals surface area contributed by atoms with Gasteiger partial charge in [-0.25, -0.2) is 0 Å². The molecule has 19 heavy (non-hydrogen) atoms. The maximum absolute atomic E-state index is 12.3. The van der Waals surface area contributed by atoms with E-state index in [1.165, 1.54) is 4.88 Å². The first-order chi connectivity index (χ1) is 8.84. The summed E-state index contributed by atoms with van der Waals surface area (Å²) in [4.78, 5) is 15.5. The highest BCUT2D eigenvalue weighted by Crippen LogP contribution is 2.26. The summed E-state index contributed by atoms with van der Waals surface area (Å²) in [5, 5.41) is 5.33. The maximum Gasteiger partial charge on any atom is 0.239 e. The Hall–Kier alpha value is -0.620. The van der Waals surface area contributed by atoms with Crippen LogP contribution in [0.25, 0.3) is 0 Å². The number of hydrogen-bond acceptors (Lipinski definition) is 4. The molecule has 1 aromatic heterocycles. The Balaban J connectivity index is 0.00000133. The number of nitrogens with one attached hydrogen (secondary N) is 1. The van der Waals surface area contributed by atoms with E-state index in [-0.39, 0.29) is 30.5 Å². The Labute approximate surface area is 123 Å². The largest absolute Gasteiger partial charge is 0.369 e. The number of carbonyl (C=O) groups is 1. The molecule has 1 N–H and O–H groups in total. The van der Waals surface area contributed by atoms with Crippen LogP contribution < -0.4 is 5.32 Å². The van der Waals surface area contributed by atoms with Crippen molar-refractivity contribution in [2.24, 2.45) is 0 Å². The highest BCUT2D eigenvalue weighted by atomic mass is 35.5. The maximum atomic E-state index is 12.3. The number of amides is 1. The van der Waals surface area contributed by atoms with Gasteiger partial charge in [-0.3, -0.25) is 4.79 Å². The van der Waals surface area contributed by atoms with Gasteiger partial charge in [-0.15, -0.1) is 23.7 Å². The van der Waals surface area contributed by atoms with Gasteiger partial charge in [0.2, 0.25) is 5.91 Å². The Morgan fingerprint density at radius 2 is 2.42 bits per heavy atom. The van der Waals surface area contributed by atoms with Crippen molar-refractivity contribution in [3.8, 4) is 0 Å². The van der Waals surface area contributed by atoms with E-state index in [1.807, 2.05) is 11.0 Å². The fraction of sp³-hybridized carbons (Fsp3) is 0.615. The molecule has 3 rings (SSSR count). The number of nitrogens with zero attached hydrogens (tertiary/aromatic N) is 1. The molecule has 2 aliphatic rings. The van der Waals surface area contributed by atoms with Crippen LogP contribution >= 0.6 is 23.7 Å². The molecule has 106 valence electrons. The molecular weight excluding hydrogens is 284 g/mol. The molecular formula is C13H19ClN2O2S. The van der Waals surface area contributed by atoms with Crippen LogP contribution in [-0.2, 0) is 9.53 Å². The second-order valence-electron chi connectivity index (χ2n) is 4.81. The van der Waals surface area contributed by atoms with Crippen LogP contribution in [0, 0.1) is 0 Å².